The Hall–Kier alpha value is -3.68. The number of nitrogens with zero attached hydrogens (tertiary/aromatic N) is 2. The quantitative estimate of drug-likeness (QED) is 0.0837. The third kappa shape index (κ3) is 7.02. The second-order valence-electron chi connectivity index (χ2n) is 8.81. The van der Waals surface area contributed by atoms with Gasteiger partial charge in [-0.1, -0.05) is 12.1 Å². The summed E-state index contributed by atoms with van der Waals surface area (Å²) in [6, 6.07) is 11.7. The topological polar surface area (TPSA) is 191 Å². The SMILES string of the molecule is CNC(=O)c1c(-c2ccc(F)cc2)oc2nc(NS(=O)(=O)CCCCNS(=O)(=O)c3ccccc3[N+](=O)[O-])c(I)cc12. The Morgan fingerprint density at radius 2 is 1.79 bits per heavy atom. The van der Waals surface area contributed by atoms with E-state index in [2.05, 4.69) is 19.7 Å². The highest BCUT2D eigenvalue weighted by Gasteiger charge is 2.26. The Morgan fingerprint density at radius 3 is 2.45 bits per heavy atom. The number of fused-ring (bicyclic) bond motifs is 1. The molecule has 17 heteroatoms. The molecule has 3 N–H and O–H groups in total. The van der Waals surface area contributed by atoms with Gasteiger partial charge in [-0.05, 0) is 71.8 Å². The number of benzene rings is 2. The molecule has 1 amide bonds. The number of halogens is 2. The first kappa shape index (κ1) is 31.3. The summed E-state index contributed by atoms with van der Waals surface area (Å²) in [6.07, 6.45) is 0.183. The average molecular weight is 732 g/mol. The van der Waals surface area contributed by atoms with Crippen LogP contribution >= 0.6 is 22.6 Å². The highest BCUT2D eigenvalue weighted by atomic mass is 127. The lowest BCUT2D eigenvalue weighted by atomic mass is 10.1. The highest BCUT2D eigenvalue weighted by molar-refractivity contribution is 14.1. The van der Waals surface area contributed by atoms with E-state index in [9.17, 15) is 36.1 Å². The van der Waals surface area contributed by atoms with Crippen molar-refractivity contribution in [2.45, 2.75) is 17.7 Å². The van der Waals surface area contributed by atoms with E-state index >= 15 is 0 Å². The molecule has 13 nitrogen and oxygen atoms in total. The predicted octanol–water partition coefficient (Wildman–Crippen LogP) is 4.01. The first-order valence-corrected chi connectivity index (χ1v) is 16.4. The van der Waals surface area contributed by atoms with Crippen LogP contribution in [0.25, 0.3) is 22.4 Å². The van der Waals surface area contributed by atoms with Crippen LogP contribution in [0.15, 0.2) is 63.9 Å². The molecule has 0 aliphatic rings. The fourth-order valence-corrected chi connectivity index (χ4v) is 7.09. The summed E-state index contributed by atoms with van der Waals surface area (Å²) < 4.78 is 74.8. The lowest BCUT2D eigenvalue weighted by Gasteiger charge is -2.10. The maximum absolute atomic E-state index is 13.4. The molecule has 0 atom stereocenters. The Balaban J connectivity index is 1.45. The van der Waals surface area contributed by atoms with Crippen LogP contribution in [-0.2, 0) is 20.0 Å². The third-order valence-electron chi connectivity index (χ3n) is 5.93. The Labute approximate surface area is 253 Å². The van der Waals surface area contributed by atoms with Crippen LogP contribution in [0.4, 0.5) is 15.9 Å². The number of amides is 1. The van der Waals surface area contributed by atoms with Crippen LogP contribution in [0.5, 0.6) is 0 Å². The van der Waals surface area contributed by atoms with Gasteiger partial charge in [0.1, 0.15) is 11.6 Å². The maximum atomic E-state index is 13.4. The predicted molar refractivity (Wildman–Crippen MR) is 160 cm³/mol. The summed E-state index contributed by atoms with van der Waals surface area (Å²) in [5, 5.41) is 14.0. The molecule has 42 heavy (non-hydrogen) atoms. The molecule has 0 fully saturated rings. The second kappa shape index (κ2) is 12.7. The summed E-state index contributed by atoms with van der Waals surface area (Å²) in [5.41, 5.74) is -0.0139. The molecule has 0 radical (unpaired) electrons. The van der Waals surface area contributed by atoms with Crippen molar-refractivity contribution >= 4 is 71.1 Å². The van der Waals surface area contributed by atoms with Crippen LogP contribution in [0.3, 0.4) is 0 Å². The number of nitrogens with one attached hydrogen (secondary N) is 3. The van der Waals surface area contributed by atoms with Crippen molar-refractivity contribution in [3.05, 3.63) is 79.7 Å². The fourth-order valence-electron chi connectivity index (χ4n) is 3.96. The zero-order chi connectivity index (χ0) is 30.7. The van der Waals surface area contributed by atoms with Crippen LogP contribution in [0.1, 0.15) is 23.2 Å². The smallest absolute Gasteiger partial charge is 0.289 e. The van der Waals surface area contributed by atoms with Gasteiger partial charge in [0.25, 0.3) is 11.6 Å². The van der Waals surface area contributed by atoms with Crippen molar-refractivity contribution in [2.24, 2.45) is 0 Å². The largest absolute Gasteiger partial charge is 0.437 e. The van der Waals surface area contributed by atoms with Crippen LogP contribution in [0, 0.1) is 19.5 Å². The minimum atomic E-state index is -4.18. The van der Waals surface area contributed by atoms with Gasteiger partial charge in [-0.2, -0.15) is 4.98 Å². The number of nitro benzene ring substituents is 1. The lowest BCUT2D eigenvalue weighted by Crippen LogP contribution is -2.26. The lowest BCUT2D eigenvalue weighted by molar-refractivity contribution is -0.387. The molecule has 2 heterocycles. The summed E-state index contributed by atoms with van der Waals surface area (Å²) >= 11 is 1.86. The summed E-state index contributed by atoms with van der Waals surface area (Å²) in [5.74, 6) is -1.23. The zero-order valence-electron chi connectivity index (χ0n) is 21.8. The molecule has 222 valence electrons. The first-order valence-electron chi connectivity index (χ1n) is 12.2. The molecule has 0 bridgehead atoms. The van der Waals surface area contributed by atoms with Crippen molar-refractivity contribution < 1.29 is 35.4 Å². The molecule has 0 saturated heterocycles. The number of rotatable bonds is 12. The normalized spacial score (nSPS) is 11.9. The number of carbonyl (C=O) groups excluding carboxylic acids is 1. The van der Waals surface area contributed by atoms with Crippen LogP contribution in [-0.4, -0.2) is 52.0 Å². The van der Waals surface area contributed by atoms with E-state index in [1.165, 1.54) is 43.4 Å². The number of para-hydroxylation sites is 1. The number of hydrogen-bond donors (Lipinski definition) is 3. The number of pyridine rings is 1. The van der Waals surface area contributed by atoms with Crippen LogP contribution in [0.2, 0.25) is 0 Å². The van der Waals surface area contributed by atoms with Crippen molar-refractivity contribution in [3.8, 4) is 11.3 Å². The van der Waals surface area contributed by atoms with E-state index in [-0.39, 0.29) is 48.0 Å². The molecule has 2 aromatic heterocycles. The maximum Gasteiger partial charge on any atom is 0.289 e. The Kier molecular flexibility index (Phi) is 9.43. The minimum Gasteiger partial charge on any atom is -0.437 e. The van der Waals surface area contributed by atoms with Crippen molar-refractivity contribution in [3.63, 3.8) is 0 Å². The number of sulfonamides is 2. The van der Waals surface area contributed by atoms with E-state index in [4.69, 9.17) is 4.42 Å². The number of hydrogen-bond acceptors (Lipinski definition) is 9. The number of unbranched alkanes of at least 4 members (excludes halogenated alkanes) is 1. The van der Waals surface area contributed by atoms with Gasteiger partial charge in [0, 0.05) is 25.2 Å². The van der Waals surface area contributed by atoms with Crippen molar-refractivity contribution in [1.29, 1.82) is 0 Å². The van der Waals surface area contributed by atoms with E-state index in [0.29, 0.717) is 14.5 Å². The number of anilines is 1. The molecule has 0 unspecified atom stereocenters. The van der Waals surface area contributed by atoms with E-state index in [0.717, 1.165) is 12.1 Å². The van der Waals surface area contributed by atoms with E-state index in [1.54, 1.807) is 6.07 Å². The van der Waals surface area contributed by atoms with Gasteiger partial charge in [-0.25, -0.2) is 25.9 Å². The molecule has 4 aromatic rings. The monoisotopic (exact) mass is 731 g/mol. The number of carbonyl (C=O) groups is 1. The summed E-state index contributed by atoms with van der Waals surface area (Å²) in [7, 11) is -6.69. The third-order valence-corrected chi connectivity index (χ3v) is 9.59. The Bertz CT molecular complexity index is 1880. The molecular weight excluding hydrogens is 708 g/mol. The first-order chi connectivity index (χ1) is 19.8. The fraction of sp³-hybridized carbons (Fsp3) is 0.200. The molecule has 0 aliphatic heterocycles. The van der Waals surface area contributed by atoms with Gasteiger partial charge in [0.2, 0.25) is 25.8 Å². The van der Waals surface area contributed by atoms with Gasteiger partial charge in [-0.15, -0.1) is 0 Å². The number of nitro groups is 1. The summed E-state index contributed by atoms with van der Waals surface area (Å²) in [4.78, 5) is 26.8. The molecule has 0 spiro atoms. The van der Waals surface area contributed by atoms with E-state index in [1.807, 2.05) is 22.6 Å². The molecule has 2 aromatic carbocycles. The molecular formula is C25H23FIN5O8S2. The zero-order valence-corrected chi connectivity index (χ0v) is 25.5. The molecule has 0 saturated carbocycles. The Morgan fingerprint density at radius 1 is 1.10 bits per heavy atom. The van der Waals surface area contributed by atoms with Gasteiger partial charge >= 0.3 is 0 Å². The van der Waals surface area contributed by atoms with Crippen molar-refractivity contribution in [2.75, 3.05) is 24.1 Å². The van der Waals surface area contributed by atoms with Gasteiger partial charge < -0.3 is 9.73 Å². The van der Waals surface area contributed by atoms with E-state index < -0.39 is 47.3 Å². The van der Waals surface area contributed by atoms with Gasteiger partial charge in [0.05, 0.1) is 25.2 Å². The summed E-state index contributed by atoms with van der Waals surface area (Å²) in [6.45, 7) is -0.146. The standard InChI is InChI=1S/C25H23FIN5O8S2/c1-28-24(33)21-17-14-18(27)23(30-25(17)40-22(21)15-8-10-16(26)11-9-15)31-41(36,37)13-5-4-12-29-42(38,39)20-7-3-2-6-19(20)32(34)35/h2-3,6-11,14,29H,4-5,12-13H2,1H3,(H,28,33)(H,30,31). The molecule has 4 rings (SSSR count). The minimum absolute atomic E-state index is 0.0181. The molecule has 0 aliphatic carbocycles. The number of furan rings is 1. The number of aromatic nitrogens is 1. The van der Waals surface area contributed by atoms with Gasteiger partial charge in [0.15, 0.2) is 10.7 Å². The van der Waals surface area contributed by atoms with Crippen LogP contribution < -0.4 is 14.8 Å². The van der Waals surface area contributed by atoms with Crippen molar-refractivity contribution in [1.82, 2.24) is 15.0 Å². The second-order valence-corrected chi connectivity index (χ2v) is 13.6. The highest BCUT2D eigenvalue weighted by Crippen LogP contribution is 2.35. The van der Waals surface area contributed by atoms with Gasteiger partial charge in [-0.3, -0.25) is 19.6 Å². The average Bonchev–Trinajstić information content (AvgIpc) is 3.30.